The van der Waals surface area contributed by atoms with Gasteiger partial charge in [0.15, 0.2) is 0 Å². The van der Waals surface area contributed by atoms with Crippen molar-refractivity contribution in [2.45, 2.75) is 20.1 Å². The zero-order chi connectivity index (χ0) is 21.6. The van der Waals surface area contributed by atoms with Crippen LogP contribution in [0.3, 0.4) is 0 Å². The van der Waals surface area contributed by atoms with Gasteiger partial charge >= 0.3 is 0 Å². The molecule has 6 nitrogen and oxygen atoms in total. The molecule has 0 spiro atoms. The first-order valence-corrected chi connectivity index (χ1v) is 9.97. The Kier molecular flexibility index (Phi) is 6.08. The average molecular weight is 413 g/mol. The highest BCUT2D eigenvalue weighted by Gasteiger charge is 2.12. The summed E-state index contributed by atoms with van der Waals surface area (Å²) in [6, 6.07) is 20.9. The van der Waals surface area contributed by atoms with Crippen LogP contribution in [0, 0.1) is 6.92 Å². The molecule has 0 saturated carbocycles. The number of aryl methyl sites for hydroxylation is 1. The normalized spacial score (nSPS) is 10.6. The molecule has 2 aromatic carbocycles. The second kappa shape index (κ2) is 9.26. The van der Waals surface area contributed by atoms with Crippen molar-refractivity contribution in [1.29, 1.82) is 0 Å². The maximum Gasteiger partial charge on any atom is 0.253 e. The highest BCUT2D eigenvalue weighted by molar-refractivity contribution is 5.98. The maximum atomic E-state index is 12.8. The predicted octanol–water partition coefficient (Wildman–Crippen LogP) is 4.46. The van der Waals surface area contributed by atoms with E-state index >= 15 is 0 Å². The van der Waals surface area contributed by atoms with E-state index < -0.39 is 0 Å². The molecule has 0 aliphatic heterocycles. The highest BCUT2D eigenvalue weighted by atomic mass is 16.5. The molecule has 2 aromatic heterocycles. The van der Waals surface area contributed by atoms with Crippen LogP contribution in [0.5, 0.6) is 11.5 Å². The standard InChI is InChI=1S/C25H23N3O3/c1-17-23(13-19-9-10-21(30-2)14-24(19)28-17)25(29)27-15-18-6-5-8-22(12-18)31-16-20-7-3-4-11-26-20/h3-14H,15-16H2,1-2H3,(H,27,29). The lowest BCUT2D eigenvalue weighted by Gasteiger charge is -2.11. The number of carbonyl (C=O) groups excluding carboxylic acids is 1. The van der Waals surface area contributed by atoms with Gasteiger partial charge in [-0.3, -0.25) is 14.8 Å². The van der Waals surface area contributed by atoms with E-state index in [-0.39, 0.29) is 5.91 Å². The second-order valence-electron chi connectivity index (χ2n) is 7.12. The summed E-state index contributed by atoms with van der Waals surface area (Å²) in [6.07, 6.45) is 1.74. The summed E-state index contributed by atoms with van der Waals surface area (Å²) in [4.78, 5) is 21.6. The van der Waals surface area contributed by atoms with Gasteiger partial charge in [-0.2, -0.15) is 0 Å². The lowest BCUT2D eigenvalue weighted by molar-refractivity contribution is 0.0950. The van der Waals surface area contributed by atoms with Crippen LogP contribution in [0.25, 0.3) is 10.9 Å². The highest BCUT2D eigenvalue weighted by Crippen LogP contribution is 2.22. The van der Waals surface area contributed by atoms with Gasteiger partial charge in [0, 0.05) is 24.2 Å². The summed E-state index contributed by atoms with van der Waals surface area (Å²) in [5, 5.41) is 3.86. The van der Waals surface area contributed by atoms with Gasteiger partial charge in [0.2, 0.25) is 0 Å². The first-order valence-electron chi connectivity index (χ1n) is 9.97. The van der Waals surface area contributed by atoms with Crippen LogP contribution in [0.1, 0.15) is 27.3 Å². The minimum Gasteiger partial charge on any atom is -0.497 e. The zero-order valence-corrected chi connectivity index (χ0v) is 17.5. The van der Waals surface area contributed by atoms with Gasteiger partial charge < -0.3 is 14.8 Å². The van der Waals surface area contributed by atoms with Crippen LogP contribution in [0.4, 0.5) is 0 Å². The smallest absolute Gasteiger partial charge is 0.253 e. The molecule has 0 fully saturated rings. The van der Waals surface area contributed by atoms with E-state index in [0.29, 0.717) is 24.4 Å². The maximum absolute atomic E-state index is 12.8. The van der Waals surface area contributed by atoms with E-state index in [0.717, 1.165) is 33.7 Å². The third kappa shape index (κ3) is 4.98. The molecule has 156 valence electrons. The number of benzene rings is 2. The molecular formula is C25H23N3O3. The molecule has 0 aliphatic carbocycles. The van der Waals surface area contributed by atoms with E-state index in [1.165, 1.54) is 0 Å². The summed E-state index contributed by atoms with van der Waals surface area (Å²) < 4.78 is 11.1. The summed E-state index contributed by atoms with van der Waals surface area (Å²) >= 11 is 0. The lowest BCUT2D eigenvalue weighted by Crippen LogP contribution is -2.24. The number of rotatable bonds is 7. The summed E-state index contributed by atoms with van der Waals surface area (Å²) in [5.74, 6) is 1.30. The van der Waals surface area contributed by atoms with E-state index in [9.17, 15) is 4.79 Å². The van der Waals surface area contributed by atoms with Crippen molar-refractivity contribution in [1.82, 2.24) is 15.3 Å². The van der Waals surface area contributed by atoms with Gasteiger partial charge in [0.05, 0.1) is 29.6 Å². The Morgan fingerprint density at radius 3 is 2.71 bits per heavy atom. The molecule has 6 heteroatoms. The first kappa shape index (κ1) is 20.3. The number of nitrogens with zero attached hydrogens (tertiary/aromatic N) is 2. The molecule has 0 atom stereocenters. The van der Waals surface area contributed by atoms with E-state index in [1.54, 1.807) is 13.3 Å². The lowest BCUT2D eigenvalue weighted by atomic mass is 10.1. The molecule has 0 bridgehead atoms. The Hall–Kier alpha value is -3.93. The van der Waals surface area contributed by atoms with Gasteiger partial charge in [0.1, 0.15) is 18.1 Å². The van der Waals surface area contributed by atoms with Crippen molar-refractivity contribution in [3.05, 3.63) is 95.4 Å². The molecule has 2 heterocycles. The Bertz CT molecular complexity index is 1210. The predicted molar refractivity (Wildman–Crippen MR) is 119 cm³/mol. The zero-order valence-electron chi connectivity index (χ0n) is 17.5. The molecular weight excluding hydrogens is 390 g/mol. The van der Waals surface area contributed by atoms with Gasteiger partial charge in [-0.05, 0) is 55.0 Å². The molecule has 1 N–H and O–H groups in total. The minimum absolute atomic E-state index is 0.164. The van der Waals surface area contributed by atoms with Crippen molar-refractivity contribution < 1.29 is 14.3 Å². The molecule has 0 saturated heterocycles. The fraction of sp³-hybridized carbons (Fsp3) is 0.160. The van der Waals surface area contributed by atoms with Gasteiger partial charge in [-0.25, -0.2) is 0 Å². The summed E-state index contributed by atoms with van der Waals surface area (Å²) in [7, 11) is 1.62. The number of nitrogens with one attached hydrogen (secondary N) is 1. The Balaban J connectivity index is 1.42. The Morgan fingerprint density at radius 1 is 1.00 bits per heavy atom. The molecule has 1 amide bonds. The van der Waals surface area contributed by atoms with Crippen LogP contribution in [0.2, 0.25) is 0 Å². The quantitative estimate of drug-likeness (QED) is 0.484. The van der Waals surface area contributed by atoms with Crippen LogP contribution >= 0.6 is 0 Å². The Morgan fingerprint density at radius 2 is 1.90 bits per heavy atom. The van der Waals surface area contributed by atoms with Crippen molar-refractivity contribution in [3.63, 3.8) is 0 Å². The molecule has 0 radical (unpaired) electrons. The van der Waals surface area contributed by atoms with Gasteiger partial charge in [-0.1, -0.05) is 18.2 Å². The van der Waals surface area contributed by atoms with Crippen LogP contribution in [-0.4, -0.2) is 23.0 Å². The third-order valence-electron chi connectivity index (χ3n) is 4.92. The average Bonchev–Trinajstić information content (AvgIpc) is 2.81. The number of carbonyl (C=O) groups is 1. The Labute approximate surface area is 180 Å². The van der Waals surface area contributed by atoms with Crippen LogP contribution in [0.15, 0.2) is 72.9 Å². The number of aromatic nitrogens is 2. The number of fused-ring (bicyclic) bond motifs is 1. The first-order chi connectivity index (χ1) is 15.1. The number of methoxy groups -OCH3 is 1. The van der Waals surface area contributed by atoms with Crippen molar-refractivity contribution in [3.8, 4) is 11.5 Å². The molecule has 31 heavy (non-hydrogen) atoms. The fourth-order valence-electron chi connectivity index (χ4n) is 3.26. The number of hydrogen-bond donors (Lipinski definition) is 1. The molecule has 0 aliphatic rings. The van der Waals surface area contributed by atoms with E-state index in [2.05, 4.69) is 15.3 Å². The largest absolute Gasteiger partial charge is 0.497 e. The van der Waals surface area contributed by atoms with Crippen molar-refractivity contribution >= 4 is 16.8 Å². The fourth-order valence-corrected chi connectivity index (χ4v) is 3.26. The summed E-state index contributed by atoms with van der Waals surface area (Å²) in [6.45, 7) is 2.61. The molecule has 4 aromatic rings. The van der Waals surface area contributed by atoms with Gasteiger partial charge in [0.25, 0.3) is 5.91 Å². The van der Waals surface area contributed by atoms with Crippen molar-refractivity contribution in [2.24, 2.45) is 0 Å². The monoisotopic (exact) mass is 413 g/mol. The van der Waals surface area contributed by atoms with Crippen LogP contribution < -0.4 is 14.8 Å². The number of ether oxygens (including phenoxy) is 2. The molecule has 0 unspecified atom stereocenters. The number of hydrogen-bond acceptors (Lipinski definition) is 5. The summed E-state index contributed by atoms with van der Waals surface area (Å²) in [5.41, 5.74) is 3.83. The third-order valence-corrected chi connectivity index (χ3v) is 4.92. The SMILES string of the molecule is COc1ccc2cc(C(=O)NCc3cccc(OCc4ccccn4)c3)c(C)nc2c1. The van der Waals surface area contributed by atoms with Crippen LogP contribution in [-0.2, 0) is 13.2 Å². The van der Waals surface area contributed by atoms with E-state index in [1.807, 2.05) is 73.7 Å². The second-order valence-corrected chi connectivity index (χ2v) is 7.12. The molecule has 4 rings (SSSR count). The van der Waals surface area contributed by atoms with Gasteiger partial charge in [-0.15, -0.1) is 0 Å². The number of amides is 1. The number of pyridine rings is 2. The minimum atomic E-state index is -0.164. The topological polar surface area (TPSA) is 73.3 Å². The van der Waals surface area contributed by atoms with E-state index in [4.69, 9.17) is 9.47 Å². The van der Waals surface area contributed by atoms with Crippen molar-refractivity contribution in [2.75, 3.05) is 7.11 Å².